The number of aromatic nitrogens is 1. The van der Waals surface area contributed by atoms with Gasteiger partial charge in [0, 0.05) is 24.8 Å². The summed E-state index contributed by atoms with van der Waals surface area (Å²) in [6.07, 6.45) is 3.02. The first kappa shape index (κ1) is 10.9. The summed E-state index contributed by atoms with van der Waals surface area (Å²) < 4.78 is 0. The van der Waals surface area contributed by atoms with E-state index in [4.69, 9.17) is 11.1 Å². The number of hydrogen-bond acceptors (Lipinski definition) is 4. The monoisotopic (exact) mass is 220 g/mol. The number of pyridine rings is 1. The number of hydrogen-bond donors (Lipinski definition) is 3. The van der Waals surface area contributed by atoms with E-state index in [0.29, 0.717) is 5.56 Å². The molecule has 0 spiro atoms. The molecule has 0 amide bonds. The molecule has 2 rings (SSSR count). The molecule has 1 aliphatic rings. The minimum Gasteiger partial charge on any atom is -0.393 e. The smallest absolute Gasteiger partial charge is 0.128 e. The average Bonchev–Trinajstić information content (AvgIpc) is 2.30. The Morgan fingerprint density at radius 3 is 2.62 bits per heavy atom. The zero-order chi connectivity index (χ0) is 11.5. The lowest BCUT2D eigenvalue weighted by atomic mass is 10.1. The van der Waals surface area contributed by atoms with E-state index < -0.39 is 0 Å². The summed E-state index contributed by atoms with van der Waals surface area (Å²) in [6.45, 7) is 1.65. The maximum absolute atomic E-state index is 9.40. The second-order valence-electron chi connectivity index (χ2n) is 4.04. The topological polar surface area (TPSA) is 86.2 Å². The van der Waals surface area contributed by atoms with E-state index >= 15 is 0 Å². The molecule has 1 saturated heterocycles. The van der Waals surface area contributed by atoms with E-state index in [-0.39, 0.29) is 11.9 Å². The van der Waals surface area contributed by atoms with Crippen LogP contribution in [0.15, 0.2) is 18.3 Å². The SMILES string of the molecule is N=C(N)c1ccc(N2CCC(O)CC2)nc1. The normalized spacial score (nSPS) is 17.4. The zero-order valence-corrected chi connectivity index (χ0v) is 9.06. The predicted molar refractivity (Wildman–Crippen MR) is 62.7 cm³/mol. The van der Waals surface area contributed by atoms with Crippen LogP contribution in [0.4, 0.5) is 5.82 Å². The van der Waals surface area contributed by atoms with E-state index in [1.165, 1.54) is 0 Å². The molecule has 5 heteroatoms. The van der Waals surface area contributed by atoms with Crippen LogP contribution < -0.4 is 10.6 Å². The Labute approximate surface area is 94.4 Å². The van der Waals surface area contributed by atoms with Crippen molar-refractivity contribution >= 4 is 11.7 Å². The maximum atomic E-state index is 9.40. The molecule has 1 aromatic rings. The van der Waals surface area contributed by atoms with Crippen LogP contribution in [-0.4, -0.2) is 35.1 Å². The molecule has 1 aliphatic heterocycles. The Kier molecular flexibility index (Phi) is 3.05. The van der Waals surface area contributed by atoms with Crippen molar-refractivity contribution in [2.24, 2.45) is 5.73 Å². The summed E-state index contributed by atoms with van der Waals surface area (Å²) in [5.41, 5.74) is 6.00. The molecule has 0 atom stereocenters. The Morgan fingerprint density at radius 2 is 2.12 bits per heavy atom. The van der Waals surface area contributed by atoms with Gasteiger partial charge in [-0.2, -0.15) is 0 Å². The van der Waals surface area contributed by atoms with Gasteiger partial charge in [0.1, 0.15) is 11.7 Å². The average molecular weight is 220 g/mol. The maximum Gasteiger partial charge on any atom is 0.128 e. The highest BCUT2D eigenvalue weighted by atomic mass is 16.3. The van der Waals surface area contributed by atoms with Gasteiger partial charge in [-0.05, 0) is 25.0 Å². The van der Waals surface area contributed by atoms with Crippen molar-refractivity contribution in [1.82, 2.24) is 4.98 Å². The first-order chi connectivity index (χ1) is 7.66. The Hall–Kier alpha value is -1.62. The number of aliphatic hydroxyl groups excluding tert-OH is 1. The van der Waals surface area contributed by atoms with Gasteiger partial charge in [-0.25, -0.2) is 4.98 Å². The number of piperidine rings is 1. The second kappa shape index (κ2) is 4.49. The van der Waals surface area contributed by atoms with Gasteiger partial charge in [-0.3, -0.25) is 5.41 Å². The summed E-state index contributed by atoms with van der Waals surface area (Å²) in [6, 6.07) is 3.67. The molecule has 16 heavy (non-hydrogen) atoms. The largest absolute Gasteiger partial charge is 0.393 e. The molecular weight excluding hydrogens is 204 g/mol. The molecule has 86 valence electrons. The van der Waals surface area contributed by atoms with E-state index in [1.54, 1.807) is 12.3 Å². The summed E-state index contributed by atoms with van der Waals surface area (Å²) >= 11 is 0. The molecule has 0 unspecified atom stereocenters. The Bertz CT molecular complexity index is 368. The van der Waals surface area contributed by atoms with E-state index in [1.807, 2.05) is 6.07 Å². The van der Waals surface area contributed by atoms with Crippen molar-refractivity contribution in [3.05, 3.63) is 23.9 Å². The fourth-order valence-electron chi connectivity index (χ4n) is 1.83. The van der Waals surface area contributed by atoms with Crippen molar-refractivity contribution in [2.45, 2.75) is 18.9 Å². The molecule has 0 bridgehead atoms. The Morgan fingerprint density at radius 1 is 1.44 bits per heavy atom. The van der Waals surface area contributed by atoms with Crippen molar-refractivity contribution in [3.8, 4) is 0 Å². The van der Waals surface area contributed by atoms with Gasteiger partial charge < -0.3 is 15.7 Å². The van der Waals surface area contributed by atoms with Gasteiger partial charge in [0.25, 0.3) is 0 Å². The van der Waals surface area contributed by atoms with E-state index in [9.17, 15) is 5.11 Å². The van der Waals surface area contributed by atoms with Crippen molar-refractivity contribution in [3.63, 3.8) is 0 Å². The fraction of sp³-hybridized carbons (Fsp3) is 0.455. The van der Waals surface area contributed by atoms with Crippen LogP contribution in [0.2, 0.25) is 0 Å². The number of nitrogens with zero attached hydrogens (tertiary/aromatic N) is 2. The van der Waals surface area contributed by atoms with Crippen LogP contribution in [0.1, 0.15) is 18.4 Å². The molecular formula is C11H16N4O. The number of rotatable bonds is 2. The number of nitrogen functional groups attached to an aromatic ring is 1. The van der Waals surface area contributed by atoms with Crippen LogP contribution in [0.5, 0.6) is 0 Å². The molecule has 5 nitrogen and oxygen atoms in total. The molecule has 4 N–H and O–H groups in total. The summed E-state index contributed by atoms with van der Waals surface area (Å²) in [4.78, 5) is 6.41. The highest BCUT2D eigenvalue weighted by Crippen LogP contribution is 2.17. The third kappa shape index (κ3) is 2.30. The number of nitrogens with one attached hydrogen (secondary N) is 1. The van der Waals surface area contributed by atoms with Crippen LogP contribution in [0, 0.1) is 5.41 Å². The first-order valence-electron chi connectivity index (χ1n) is 5.40. The summed E-state index contributed by atoms with van der Waals surface area (Å²) in [7, 11) is 0. The van der Waals surface area contributed by atoms with Crippen LogP contribution >= 0.6 is 0 Å². The zero-order valence-electron chi connectivity index (χ0n) is 9.06. The third-order valence-corrected chi connectivity index (χ3v) is 2.85. The number of anilines is 1. The van der Waals surface area contributed by atoms with Gasteiger partial charge in [-0.1, -0.05) is 0 Å². The lowest BCUT2D eigenvalue weighted by molar-refractivity contribution is 0.145. The molecule has 0 saturated carbocycles. The summed E-state index contributed by atoms with van der Waals surface area (Å²) in [5.74, 6) is 0.921. The van der Waals surface area contributed by atoms with E-state index in [2.05, 4.69) is 9.88 Å². The molecule has 1 aromatic heterocycles. The fourth-order valence-corrected chi connectivity index (χ4v) is 1.83. The van der Waals surface area contributed by atoms with Gasteiger partial charge in [0.15, 0.2) is 0 Å². The van der Waals surface area contributed by atoms with Gasteiger partial charge in [0.05, 0.1) is 6.10 Å². The van der Waals surface area contributed by atoms with Crippen LogP contribution in [0.3, 0.4) is 0 Å². The Balaban J connectivity index is 2.07. The van der Waals surface area contributed by atoms with Crippen molar-refractivity contribution in [1.29, 1.82) is 5.41 Å². The third-order valence-electron chi connectivity index (χ3n) is 2.85. The van der Waals surface area contributed by atoms with Gasteiger partial charge >= 0.3 is 0 Å². The molecule has 0 aromatic carbocycles. The minimum atomic E-state index is -0.173. The molecule has 1 fully saturated rings. The van der Waals surface area contributed by atoms with E-state index in [0.717, 1.165) is 31.7 Å². The molecule has 2 heterocycles. The number of amidine groups is 1. The highest BCUT2D eigenvalue weighted by molar-refractivity contribution is 5.94. The first-order valence-corrected chi connectivity index (χ1v) is 5.40. The number of aliphatic hydroxyl groups is 1. The quantitative estimate of drug-likeness (QED) is 0.495. The van der Waals surface area contributed by atoms with Gasteiger partial charge in [-0.15, -0.1) is 0 Å². The predicted octanol–water partition coefficient (Wildman–Crippen LogP) is 0.327. The number of nitrogens with two attached hydrogens (primary N) is 1. The lowest BCUT2D eigenvalue weighted by Crippen LogP contribution is -2.36. The second-order valence-corrected chi connectivity index (χ2v) is 4.04. The van der Waals surface area contributed by atoms with Crippen molar-refractivity contribution in [2.75, 3.05) is 18.0 Å². The van der Waals surface area contributed by atoms with Crippen LogP contribution in [0.25, 0.3) is 0 Å². The highest BCUT2D eigenvalue weighted by Gasteiger charge is 2.17. The lowest BCUT2D eigenvalue weighted by Gasteiger charge is -2.30. The van der Waals surface area contributed by atoms with Gasteiger partial charge in [0.2, 0.25) is 0 Å². The molecule has 0 aliphatic carbocycles. The minimum absolute atomic E-state index is 0.0353. The van der Waals surface area contributed by atoms with Crippen LogP contribution in [-0.2, 0) is 0 Å². The summed E-state index contributed by atoms with van der Waals surface area (Å²) in [5, 5.41) is 16.7. The standard InChI is InChI=1S/C11H16N4O/c12-11(13)8-1-2-10(14-7-8)15-5-3-9(16)4-6-15/h1-2,7,9,16H,3-6H2,(H3,12,13). The molecule has 0 radical (unpaired) electrons. The van der Waals surface area contributed by atoms with Crippen molar-refractivity contribution < 1.29 is 5.11 Å².